The van der Waals surface area contributed by atoms with E-state index in [2.05, 4.69) is 0 Å². The highest BCUT2D eigenvalue weighted by Crippen LogP contribution is 2.43. The number of aliphatic hydroxyl groups is 1. The summed E-state index contributed by atoms with van der Waals surface area (Å²) in [6, 6.07) is 8.01. The van der Waals surface area contributed by atoms with E-state index in [1.165, 1.54) is 0 Å². The van der Waals surface area contributed by atoms with Crippen LogP contribution in [-0.4, -0.2) is 17.8 Å². The lowest BCUT2D eigenvalue weighted by atomic mass is 9.87. The van der Waals surface area contributed by atoms with E-state index in [-0.39, 0.29) is 5.60 Å². The molecule has 88 valence electrons. The first-order valence-corrected chi connectivity index (χ1v) is 5.98. The summed E-state index contributed by atoms with van der Waals surface area (Å²) in [7, 11) is 1.72. The first-order chi connectivity index (χ1) is 7.69. The van der Waals surface area contributed by atoms with Gasteiger partial charge in [-0.25, -0.2) is 0 Å². The largest absolute Gasteiger partial charge is 0.385 e. The fourth-order valence-corrected chi connectivity index (χ4v) is 2.74. The molecular weight excluding hydrogens is 200 g/mol. The summed E-state index contributed by atoms with van der Waals surface area (Å²) in [5.41, 5.74) is 1.79. The molecule has 1 unspecified atom stereocenters. The number of hydrogen-bond acceptors (Lipinski definition) is 2. The highest BCUT2D eigenvalue weighted by Gasteiger charge is 2.41. The van der Waals surface area contributed by atoms with Gasteiger partial charge in [0.1, 0.15) is 6.10 Å². The maximum absolute atomic E-state index is 10.5. The Morgan fingerprint density at radius 2 is 1.88 bits per heavy atom. The maximum Gasteiger partial charge on any atom is 0.108 e. The lowest BCUT2D eigenvalue weighted by molar-refractivity contribution is -0.100. The molecule has 2 nitrogen and oxygen atoms in total. The molecule has 0 amide bonds. The maximum atomic E-state index is 10.5. The van der Waals surface area contributed by atoms with Gasteiger partial charge in [-0.05, 0) is 30.9 Å². The standard InChI is InChI=1S/C14H20O2/c1-11-7-3-4-8-12(11)13(15)14(16-2)9-5-6-10-14/h3-4,7-8,13,15H,5-6,9-10H2,1-2H3. The lowest BCUT2D eigenvalue weighted by Gasteiger charge is -2.33. The minimum Gasteiger partial charge on any atom is -0.385 e. The quantitative estimate of drug-likeness (QED) is 0.848. The summed E-state index contributed by atoms with van der Waals surface area (Å²) in [5.74, 6) is 0. The average molecular weight is 220 g/mol. The highest BCUT2D eigenvalue weighted by atomic mass is 16.5. The molecule has 1 atom stereocenters. The zero-order valence-electron chi connectivity index (χ0n) is 10.1. The molecule has 1 aliphatic carbocycles. The van der Waals surface area contributed by atoms with Crippen molar-refractivity contribution in [2.75, 3.05) is 7.11 Å². The van der Waals surface area contributed by atoms with Crippen molar-refractivity contribution >= 4 is 0 Å². The van der Waals surface area contributed by atoms with Crippen molar-refractivity contribution in [2.24, 2.45) is 0 Å². The number of aryl methyl sites for hydroxylation is 1. The van der Waals surface area contributed by atoms with Gasteiger partial charge in [-0.1, -0.05) is 37.1 Å². The Morgan fingerprint density at radius 3 is 2.44 bits per heavy atom. The molecule has 2 rings (SSSR count). The van der Waals surface area contributed by atoms with Gasteiger partial charge in [0.05, 0.1) is 5.60 Å². The molecule has 2 heteroatoms. The van der Waals surface area contributed by atoms with Gasteiger partial charge in [0.2, 0.25) is 0 Å². The van der Waals surface area contributed by atoms with Gasteiger partial charge >= 0.3 is 0 Å². The van der Waals surface area contributed by atoms with Crippen LogP contribution in [0.5, 0.6) is 0 Å². The third-order valence-corrected chi connectivity index (χ3v) is 3.84. The average Bonchev–Trinajstić information content (AvgIpc) is 2.78. The van der Waals surface area contributed by atoms with E-state index < -0.39 is 6.10 Å². The summed E-state index contributed by atoms with van der Waals surface area (Å²) in [6.07, 6.45) is 3.71. The van der Waals surface area contributed by atoms with Crippen molar-refractivity contribution in [3.8, 4) is 0 Å². The summed E-state index contributed by atoms with van der Waals surface area (Å²) < 4.78 is 5.62. The van der Waals surface area contributed by atoms with E-state index in [4.69, 9.17) is 4.74 Å². The van der Waals surface area contributed by atoms with Crippen LogP contribution in [0, 0.1) is 6.92 Å². The molecule has 1 fully saturated rings. The second kappa shape index (κ2) is 4.56. The topological polar surface area (TPSA) is 29.5 Å². The van der Waals surface area contributed by atoms with E-state index in [1.807, 2.05) is 31.2 Å². The molecular formula is C14H20O2. The van der Waals surface area contributed by atoms with Crippen LogP contribution in [0.3, 0.4) is 0 Å². The van der Waals surface area contributed by atoms with Crippen molar-refractivity contribution in [3.05, 3.63) is 35.4 Å². The van der Waals surface area contributed by atoms with Gasteiger partial charge < -0.3 is 9.84 Å². The lowest BCUT2D eigenvalue weighted by Crippen LogP contribution is -2.35. The van der Waals surface area contributed by atoms with Crippen LogP contribution in [0.4, 0.5) is 0 Å². The molecule has 0 bridgehead atoms. The van der Waals surface area contributed by atoms with Crippen molar-refractivity contribution < 1.29 is 9.84 Å². The molecule has 1 saturated carbocycles. The summed E-state index contributed by atoms with van der Waals surface area (Å²) in [6.45, 7) is 2.04. The smallest absolute Gasteiger partial charge is 0.108 e. The first-order valence-electron chi connectivity index (χ1n) is 5.98. The van der Waals surface area contributed by atoms with Crippen molar-refractivity contribution in [3.63, 3.8) is 0 Å². The Hall–Kier alpha value is -0.860. The summed E-state index contributed by atoms with van der Waals surface area (Å²) in [4.78, 5) is 0. The van der Waals surface area contributed by atoms with Crippen molar-refractivity contribution in [1.82, 2.24) is 0 Å². The van der Waals surface area contributed by atoms with Crippen LogP contribution in [-0.2, 0) is 4.74 Å². The molecule has 0 aliphatic heterocycles. The van der Waals surface area contributed by atoms with E-state index in [0.29, 0.717) is 0 Å². The van der Waals surface area contributed by atoms with Gasteiger partial charge in [0.15, 0.2) is 0 Å². The Balaban J connectivity index is 2.30. The Bertz CT molecular complexity index is 354. The van der Waals surface area contributed by atoms with Crippen molar-refractivity contribution in [2.45, 2.75) is 44.3 Å². The highest BCUT2D eigenvalue weighted by molar-refractivity contribution is 5.30. The van der Waals surface area contributed by atoms with Crippen LogP contribution < -0.4 is 0 Å². The molecule has 0 heterocycles. The van der Waals surface area contributed by atoms with Gasteiger partial charge in [0.25, 0.3) is 0 Å². The molecule has 1 aliphatic rings. The monoisotopic (exact) mass is 220 g/mol. The predicted molar refractivity (Wildman–Crippen MR) is 64.3 cm³/mol. The number of rotatable bonds is 3. The predicted octanol–water partition coefficient (Wildman–Crippen LogP) is 2.99. The van der Waals surface area contributed by atoms with Crippen LogP contribution in [0.25, 0.3) is 0 Å². The van der Waals surface area contributed by atoms with E-state index in [0.717, 1.165) is 36.8 Å². The Morgan fingerprint density at radius 1 is 1.25 bits per heavy atom. The molecule has 0 aromatic heterocycles. The zero-order chi connectivity index (χ0) is 11.6. The third kappa shape index (κ3) is 1.87. The summed E-state index contributed by atoms with van der Waals surface area (Å²) in [5, 5.41) is 10.5. The van der Waals surface area contributed by atoms with Gasteiger partial charge in [-0.3, -0.25) is 0 Å². The van der Waals surface area contributed by atoms with E-state index in [9.17, 15) is 5.11 Å². The third-order valence-electron chi connectivity index (χ3n) is 3.84. The molecule has 0 spiro atoms. The molecule has 16 heavy (non-hydrogen) atoms. The second-order valence-corrected chi connectivity index (χ2v) is 4.74. The van der Waals surface area contributed by atoms with Crippen LogP contribution in [0.1, 0.15) is 42.9 Å². The number of hydrogen-bond donors (Lipinski definition) is 1. The van der Waals surface area contributed by atoms with Gasteiger partial charge in [-0.2, -0.15) is 0 Å². The molecule has 1 aromatic carbocycles. The van der Waals surface area contributed by atoms with Crippen LogP contribution in [0.15, 0.2) is 24.3 Å². The zero-order valence-corrected chi connectivity index (χ0v) is 10.1. The van der Waals surface area contributed by atoms with Crippen LogP contribution >= 0.6 is 0 Å². The second-order valence-electron chi connectivity index (χ2n) is 4.74. The molecule has 1 aromatic rings. The van der Waals surface area contributed by atoms with E-state index >= 15 is 0 Å². The van der Waals surface area contributed by atoms with Crippen molar-refractivity contribution in [1.29, 1.82) is 0 Å². The fraction of sp³-hybridized carbons (Fsp3) is 0.571. The first kappa shape index (κ1) is 11.6. The van der Waals surface area contributed by atoms with Gasteiger partial charge in [0, 0.05) is 7.11 Å². The molecule has 1 N–H and O–H groups in total. The number of aliphatic hydroxyl groups excluding tert-OH is 1. The van der Waals surface area contributed by atoms with Gasteiger partial charge in [-0.15, -0.1) is 0 Å². The molecule has 0 radical (unpaired) electrons. The van der Waals surface area contributed by atoms with E-state index in [1.54, 1.807) is 7.11 Å². The summed E-state index contributed by atoms with van der Waals surface area (Å²) >= 11 is 0. The molecule has 0 saturated heterocycles. The Kier molecular flexibility index (Phi) is 3.31. The SMILES string of the molecule is COC1(C(O)c2ccccc2C)CCCC1. The normalized spacial score (nSPS) is 20.9. The number of ether oxygens (including phenoxy) is 1. The van der Waals surface area contributed by atoms with Crippen LogP contribution in [0.2, 0.25) is 0 Å². The minimum atomic E-state index is -0.499. The fourth-order valence-electron chi connectivity index (χ4n) is 2.74. The number of benzene rings is 1. The minimum absolute atomic E-state index is 0.355. The number of methoxy groups -OCH3 is 1. The Labute approximate surface area is 97.3 Å².